The lowest BCUT2D eigenvalue weighted by Gasteiger charge is -2.23. The summed E-state index contributed by atoms with van der Waals surface area (Å²) in [5.41, 5.74) is -3.94. The van der Waals surface area contributed by atoms with Gasteiger partial charge in [0.2, 0.25) is 0 Å². The Bertz CT molecular complexity index is 746. The number of carbonyl (C=O) groups excluding carboxylic acids is 1. The molecule has 1 aromatic heterocycles. The molecule has 1 rings (SSSR count). The molecular formula is C18H23F5N2O2S. The minimum absolute atomic E-state index is 0.0172. The number of aliphatic imine (C=N–C) groups is 1. The maximum atomic E-state index is 13.8. The van der Waals surface area contributed by atoms with E-state index >= 15 is 0 Å². The Morgan fingerprint density at radius 2 is 1.75 bits per heavy atom. The van der Waals surface area contributed by atoms with Crippen molar-refractivity contribution in [2.45, 2.75) is 52.8 Å². The van der Waals surface area contributed by atoms with Crippen molar-refractivity contribution in [3.05, 3.63) is 28.1 Å². The van der Waals surface area contributed by atoms with Crippen molar-refractivity contribution in [2.75, 3.05) is 13.4 Å². The van der Waals surface area contributed by atoms with Crippen LogP contribution in [0.1, 0.15) is 67.0 Å². The largest absolute Gasteiger partial charge is 0.465 e. The molecule has 0 N–H and O–H groups in total. The summed E-state index contributed by atoms with van der Waals surface area (Å²) in [7, 11) is 0.978. The van der Waals surface area contributed by atoms with Gasteiger partial charge in [-0.2, -0.15) is 13.2 Å². The zero-order valence-corrected chi connectivity index (χ0v) is 17.3. The zero-order valence-electron chi connectivity index (χ0n) is 16.4. The van der Waals surface area contributed by atoms with Gasteiger partial charge in [-0.25, -0.2) is 18.6 Å². The number of ether oxygens (including phenoxy) is 1. The number of halogens is 5. The van der Waals surface area contributed by atoms with Gasteiger partial charge in [0.05, 0.1) is 12.7 Å². The topological polar surface area (TPSA) is 51.5 Å². The highest BCUT2D eigenvalue weighted by atomic mass is 32.2. The number of rotatable bonds is 6. The van der Waals surface area contributed by atoms with Crippen LogP contribution in [0, 0.1) is 5.92 Å². The summed E-state index contributed by atoms with van der Waals surface area (Å²) in [4.78, 5) is 19.7. The Hall–Kier alpha value is -1.71. The molecule has 0 unspecified atom stereocenters. The van der Waals surface area contributed by atoms with E-state index in [1.165, 1.54) is 6.26 Å². The quantitative estimate of drug-likeness (QED) is 0.259. The highest BCUT2D eigenvalue weighted by Gasteiger charge is 2.42. The fourth-order valence-corrected chi connectivity index (χ4v) is 3.38. The number of pyridine rings is 1. The molecule has 0 bridgehead atoms. The Balaban J connectivity index is 4.19. The van der Waals surface area contributed by atoms with Crippen LogP contribution in [0.25, 0.3) is 0 Å². The van der Waals surface area contributed by atoms with E-state index in [1.54, 1.807) is 27.7 Å². The summed E-state index contributed by atoms with van der Waals surface area (Å²) < 4.78 is 73.0. The number of thioether (sulfide) groups is 1. The number of esters is 1. The summed E-state index contributed by atoms with van der Waals surface area (Å²) in [5, 5.41) is -0.0172. The van der Waals surface area contributed by atoms with Crippen LogP contribution in [0.4, 0.5) is 22.0 Å². The molecular weight excluding hydrogens is 403 g/mol. The zero-order chi connectivity index (χ0) is 21.8. The van der Waals surface area contributed by atoms with Gasteiger partial charge in [-0.3, -0.25) is 4.99 Å². The second kappa shape index (κ2) is 9.67. The lowest BCUT2D eigenvalue weighted by molar-refractivity contribution is -0.141. The Kier molecular flexibility index (Phi) is 8.40. The van der Waals surface area contributed by atoms with Crippen LogP contribution in [0.2, 0.25) is 0 Å². The third-order valence-electron chi connectivity index (χ3n) is 3.59. The smallest absolute Gasteiger partial charge is 0.434 e. The second-order valence-electron chi connectivity index (χ2n) is 6.69. The first-order valence-electron chi connectivity index (χ1n) is 8.47. The van der Waals surface area contributed by atoms with Crippen molar-refractivity contribution in [3.63, 3.8) is 0 Å². The van der Waals surface area contributed by atoms with Gasteiger partial charge in [-0.1, -0.05) is 13.8 Å². The molecule has 0 aliphatic carbocycles. The Labute approximate surface area is 165 Å². The standard InChI is InChI=1S/C18H23F5N2O2S/c1-8(2)7-10-11(17(26)27-5)13(15(19)20)25-14(18(21,22)23)12(10)16(28-6)24-9(3)4/h8-9,15H,7H2,1-6H3. The number of methoxy groups -OCH3 is 1. The summed E-state index contributed by atoms with van der Waals surface area (Å²) in [6.07, 6.45) is -6.91. The summed E-state index contributed by atoms with van der Waals surface area (Å²) >= 11 is 0.936. The SMILES string of the molecule is COC(=O)c1c(C(F)F)nc(C(F)(F)F)c(C(=NC(C)C)SC)c1CC(C)C. The molecule has 0 amide bonds. The molecule has 0 aliphatic rings. The molecule has 1 aromatic rings. The molecule has 0 saturated heterocycles. The lowest BCUT2D eigenvalue weighted by atomic mass is 9.91. The van der Waals surface area contributed by atoms with Gasteiger partial charge in [0.15, 0.2) is 5.69 Å². The van der Waals surface area contributed by atoms with Crippen LogP contribution < -0.4 is 0 Å². The van der Waals surface area contributed by atoms with Gasteiger partial charge in [-0.15, -0.1) is 11.8 Å². The first-order chi connectivity index (χ1) is 12.8. The molecule has 1 heterocycles. The highest BCUT2D eigenvalue weighted by molar-refractivity contribution is 8.13. The van der Waals surface area contributed by atoms with Gasteiger partial charge in [0.1, 0.15) is 10.7 Å². The van der Waals surface area contributed by atoms with E-state index in [0.29, 0.717) is 0 Å². The molecule has 0 aromatic carbocycles. The predicted molar refractivity (Wildman–Crippen MR) is 99.3 cm³/mol. The van der Waals surface area contributed by atoms with Crippen molar-refractivity contribution in [1.29, 1.82) is 0 Å². The lowest BCUT2D eigenvalue weighted by Crippen LogP contribution is -2.24. The minimum Gasteiger partial charge on any atom is -0.465 e. The monoisotopic (exact) mass is 426 g/mol. The average molecular weight is 426 g/mol. The first kappa shape index (κ1) is 24.3. The van der Waals surface area contributed by atoms with Gasteiger partial charge < -0.3 is 4.74 Å². The van der Waals surface area contributed by atoms with Crippen LogP contribution in [-0.4, -0.2) is 35.4 Å². The van der Waals surface area contributed by atoms with Crippen LogP contribution in [0.3, 0.4) is 0 Å². The molecule has 0 saturated carbocycles. The summed E-state index contributed by atoms with van der Waals surface area (Å²) in [5.74, 6) is -1.38. The maximum absolute atomic E-state index is 13.8. The highest BCUT2D eigenvalue weighted by Crippen LogP contribution is 2.39. The number of aromatic nitrogens is 1. The molecule has 0 aliphatic heterocycles. The van der Waals surface area contributed by atoms with Crippen molar-refractivity contribution >= 4 is 22.8 Å². The second-order valence-corrected chi connectivity index (χ2v) is 7.49. The van der Waals surface area contributed by atoms with E-state index in [0.717, 1.165) is 18.9 Å². The average Bonchev–Trinajstić information content (AvgIpc) is 2.56. The molecule has 10 heteroatoms. The summed E-state index contributed by atoms with van der Waals surface area (Å²) in [6, 6.07) is -0.355. The number of hydrogen-bond donors (Lipinski definition) is 0. The number of carbonyl (C=O) groups is 1. The van der Waals surface area contributed by atoms with Gasteiger partial charge in [0, 0.05) is 11.6 Å². The molecule has 4 nitrogen and oxygen atoms in total. The first-order valence-corrected chi connectivity index (χ1v) is 9.70. The molecule has 158 valence electrons. The third-order valence-corrected chi connectivity index (χ3v) is 4.28. The normalized spacial score (nSPS) is 13.0. The van der Waals surface area contributed by atoms with Crippen molar-refractivity contribution < 1.29 is 31.5 Å². The molecule has 0 radical (unpaired) electrons. The number of alkyl halides is 5. The van der Waals surface area contributed by atoms with Crippen molar-refractivity contribution in [3.8, 4) is 0 Å². The number of nitrogens with zero attached hydrogens (tertiary/aromatic N) is 2. The van der Waals surface area contributed by atoms with E-state index in [9.17, 15) is 26.7 Å². The Morgan fingerprint density at radius 1 is 1.18 bits per heavy atom. The van der Waals surface area contributed by atoms with Gasteiger partial charge in [-0.05, 0) is 38.0 Å². The van der Waals surface area contributed by atoms with Crippen LogP contribution >= 0.6 is 11.8 Å². The summed E-state index contributed by atoms with van der Waals surface area (Å²) in [6.45, 7) is 6.76. The number of hydrogen-bond acceptors (Lipinski definition) is 5. The van der Waals surface area contributed by atoms with Crippen molar-refractivity contribution in [2.24, 2.45) is 10.9 Å². The van der Waals surface area contributed by atoms with E-state index in [4.69, 9.17) is 0 Å². The predicted octanol–water partition coefficient (Wildman–Crippen LogP) is 5.54. The Morgan fingerprint density at radius 3 is 2.11 bits per heavy atom. The molecule has 28 heavy (non-hydrogen) atoms. The fourth-order valence-electron chi connectivity index (χ4n) is 2.64. The van der Waals surface area contributed by atoms with Crippen LogP contribution in [0.15, 0.2) is 4.99 Å². The van der Waals surface area contributed by atoms with E-state index < -0.39 is 41.1 Å². The molecule has 0 spiro atoms. The van der Waals surface area contributed by atoms with E-state index in [2.05, 4.69) is 14.7 Å². The third kappa shape index (κ3) is 5.65. The van der Waals surface area contributed by atoms with E-state index in [-0.39, 0.29) is 29.0 Å². The van der Waals surface area contributed by atoms with Crippen LogP contribution in [-0.2, 0) is 17.3 Å². The van der Waals surface area contributed by atoms with E-state index in [1.807, 2.05) is 0 Å². The van der Waals surface area contributed by atoms with Crippen molar-refractivity contribution in [1.82, 2.24) is 4.98 Å². The van der Waals surface area contributed by atoms with Gasteiger partial charge >= 0.3 is 12.1 Å². The molecule has 0 atom stereocenters. The maximum Gasteiger partial charge on any atom is 0.434 e. The fraction of sp³-hybridized carbons (Fsp3) is 0.611. The minimum atomic E-state index is -5.01. The molecule has 0 fully saturated rings. The van der Waals surface area contributed by atoms with Gasteiger partial charge in [0.25, 0.3) is 6.43 Å². The van der Waals surface area contributed by atoms with Crippen LogP contribution in [0.5, 0.6) is 0 Å².